The Kier molecular flexibility index (Phi) is 6.11. The maximum atomic E-state index is 12.8. The Bertz CT molecular complexity index is 544. The van der Waals surface area contributed by atoms with Crippen molar-refractivity contribution < 1.29 is 14.7 Å². The molecule has 6 heteroatoms. The molecule has 0 unspecified atom stereocenters. The van der Waals surface area contributed by atoms with Gasteiger partial charge in [0, 0.05) is 18.5 Å². The summed E-state index contributed by atoms with van der Waals surface area (Å²) in [5, 5.41) is 9.79. The molecule has 0 radical (unpaired) electrons. The fraction of sp³-hybridized carbons (Fsp3) is 0.688. The summed E-state index contributed by atoms with van der Waals surface area (Å²) in [6.07, 6.45) is -0.0392. The van der Waals surface area contributed by atoms with Crippen LogP contribution in [0.15, 0.2) is 0 Å². The van der Waals surface area contributed by atoms with Gasteiger partial charge in [0.1, 0.15) is 4.88 Å². The van der Waals surface area contributed by atoms with E-state index in [1.807, 2.05) is 20.8 Å². The third-order valence-electron chi connectivity index (χ3n) is 3.10. The van der Waals surface area contributed by atoms with Crippen molar-refractivity contribution in [3.8, 4) is 0 Å². The van der Waals surface area contributed by atoms with Gasteiger partial charge in [-0.2, -0.15) is 0 Å². The maximum absolute atomic E-state index is 12.8. The van der Waals surface area contributed by atoms with E-state index in [2.05, 4.69) is 25.8 Å². The van der Waals surface area contributed by atoms with Gasteiger partial charge < -0.3 is 10.0 Å². The second-order valence-electron chi connectivity index (χ2n) is 6.97. The van der Waals surface area contributed by atoms with E-state index in [0.717, 1.165) is 10.7 Å². The average Bonchev–Trinajstić information content (AvgIpc) is 2.75. The molecule has 1 aromatic rings. The first-order valence-electron chi connectivity index (χ1n) is 7.51. The molecule has 0 aromatic carbocycles. The summed E-state index contributed by atoms with van der Waals surface area (Å²) >= 11 is 1.41. The van der Waals surface area contributed by atoms with Gasteiger partial charge in [0.15, 0.2) is 0 Å². The van der Waals surface area contributed by atoms with Gasteiger partial charge in [-0.1, -0.05) is 34.6 Å². The number of rotatable bonds is 6. The Hall–Kier alpha value is -1.43. The Balaban J connectivity index is 3.02. The first kappa shape index (κ1) is 18.6. The third-order valence-corrected chi connectivity index (χ3v) is 4.67. The van der Waals surface area contributed by atoms with Gasteiger partial charge in [0.05, 0.1) is 17.1 Å². The molecule has 0 aliphatic carbocycles. The molecule has 1 amide bonds. The van der Waals surface area contributed by atoms with Crippen LogP contribution in [0.2, 0.25) is 0 Å². The van der Waals surface area contributed by atoms with E-state index in [9.17, 15) is 9.59 Å². The minimum Gasteiger partial charge on any atom is -0.481 e. The maximum Gasteiger partial charge on any atom is 0.305 e. The zero-order valence-electron chi connectivity index (χ0n) is 14.3. The summed E-state index contributed by atoms with van der Waals surface area (Å²) in [5.74, 6) is -0.716. The summed E-state index contributed by atoms with van der Waals surface area (Å²) in [5.41, 5.74) is 0.627. The van der Waals surface area contributed by atoms with Crippen LogP contribution in [0.1, 0.15) is 61.4 Å². The van der Waals surface area contributed by atoms with E-state index < -0.39 is 5.97 Å². The second kappa shape index (κ2) is 7.22. The number of carbonyl (C=O) groups is 2. The molecule has 0 spiro atoms. The lowest BCUT2D eigenvalue weighted by Gasteiger charge is -2.23. The van der Waals surface area contributed by atoms with Gasteiger partial charge in [0.2, 0.25) is 0 Å². The Labute approximate surface area is 136 Å². The standard InChI is InChI=1S/C16H26N2O3S/c1-10(2)9-18(8-7-12(19)20)14(21)13-11(3)17-15(22-13)16(4,5)6/h10H,7-9H2,1-6H3,(H,19,20). The van der Waals surface area contributed by atoms with Crippen LogP contribution in [0, 0.1) is 12.8 Å². The molecule has 0 aliphatic heterocycles. The normalized spacial score (nSPS) is 11.8. The zero-order valence-corrected chi connectivity index (χ0v) is 15.1. The third kappa shape index (κ3) is 5.09. The molecule has 0 bridgehead atoms. The number of carbonyl (C=O) groups excluding carboxylic acids is 1. The van der Waals surface area contributed by atoms with E-state index in [1.54, 1.807) is 4.90 Å². The summed E-state index contributed by atoms with van der Waals surface area (Å²) in [7, 11) is 0. The molecule has 0 aliphatic rings. The predicted molar refractivity (Wildman–Crippen MR) is 88.5 cm³/mol. The first-order chi connectivity index (χ1) is 10.0. The van der Waals surface area contributed by atoms with Crippen molar-refractivity contribution in [2.45, 2.75) is 53.4 Å². The van der Waals surface area contributed by atoms with Crippen LogP contribution in [0.3, 0.4) is 0 Å². The quantitative estimate of drug-likeness (QED) is 0.870. The highest BCUT2D eigenvalue weighted by molar-refractivity contribution is 7.14. The van der Waals surface area contributed by atoms with Gasteiger partial charge >= 0.3 is 5.97 Å². The highest BCUT2D eigenvalue weighted by Gasteiger charge is 2.26. The first-order valence-corrected chi connectivity index (χ1v) is 8.33. The van der Waals surface area contributed by atoms with Gasteiger partial charge in [-0.25, -0.2) is 4.98 Å². The highest BCUT2D eigenvalue weighted by atomic mass is 32.1. The fourth-order valence-corrected chi connectivity index (χ4v) is 3.10. The number of aliphatic carboxylic acids is 1. The largest absolute Gasteiger partial charge is 0.481 e. The molecule has 124 valence electrons. The average molecular weight is 326 g/mol. The van der Waals surface area contributed by atoms with Crippen molar-refractivity contribution in [3.05, 3.63) is 15.6 Å². The zero-order chi connectivity index (χ0) is 17.1. The summed E-state index contributed by atoms with van der Waals surface area (Å²) in [6.45, 7) is 12.8. The number of nitrogens with zero attached hydrogens (tertiary/aromatic N) is 2. The lowest BCUT2D eigenvalue weighted by atomic mass is 9.98. The van der Waals surface area contributed by atoms with Crippen molar-refractivity contribution >= 4 is 23.2 Å². The molecule has 5 nitrogen and oxygen atoms in total. The van der Waals surface area contributed by atoms with Crippen molar-refractivity contribution in [3.63, 3.8) is 0 Å². The number of aromatic nitrogens is 1. The predicted octanol–water partition coefficient (Wildman–Crippen LogP) is 3.32. The SMILES string of the molecule is Cc1nc(C(C)(C)C)sc1C(=O)N(CCC(=O)O)CC(C)C. The molecule has 1 heterocycles. The number of carboxylic acid groups (broad SMARTS) is 1. The smallest absolute Gasteiger partial charge is 0.305 e. The van der Waals surface area contributed by atoms with E-state index in [1.165, 1.54) is 11.3 Å². The highest BCUT2D eigenvalue weighted by Crippen LogP contribution is 2.30. The Morgan fingerprint density at radius 1 is 1.32 bits per heavy atom. The van der Waals surface area contributed by atoms with Crippen LogP contribution in [0.5, 0.6) is 0 Å². The van der Waals surface area contributed by atoms with E-state index in [4.69, 9.17) is 5.11 Å². The molecule has 0 saturated heterocycles. The number of aryl methyl sites for hydroxylation is 1. The van der Waals surface area contributed by atoms with Crippen LogP contribution < -0.4 is 0 Å². The van der Waals surface area contributed by atoms with Gasteiger partial charge in [0.25, 0.3) is 5.91 Å². The fourth-order valence-electron chi connectivity index (χ4n) is 2.01. The molecular weight excluding hydrogens is 300 g/mol. The van der Waals surface area contributed by atoms with Gasteiger partial charge in [-0.3, -0.25) is 9.59 Å². The molecule has 1 N–H and O–H groups in total. The minimum atomic E-state index is -0.891. The van der Waals surface area contributed by atoms with Crippen LogP contribution in [-0.2, 0) is 10.2 Å². The lowest BCUT2D eigenvalue weighted by Crippen LogP contribution is -2.35. The van der Waals surface area contributed by atoms with Crippen LogP contribution >= 0.6 is 11.3 Å². The molecule has 0 atom stereocenters. The van der Waals surface area contributed by atoms with Crippen molar-refractivity contribution in [2.75, 3.05) is 13.1 Å². The van der Waals surface area contributed by atoms with E-state index >= 15 is 0 Å². The van der Waals surface area contributed by atoms with E-state index in [0.29, 0.717) is 11.4 Å². The monoisotopic (exact) mass is 326 g/mol. The Morgan fingerprint density at radius 2 is 1.91 bits per heavy atom. The van der Waals surface area contributed by atoms with Crippen LogP contribution in [0.25, 0.3) is 0 Å². The molecule has 0 fully saturated rings. The summed E-state index contributed by atoms with van der Waals surface area (Å²) in [6, 6.07) is 0. The van der Waals surface area contributed by atoms with Crippen molar-refractivity contribution in [1.82, 2.24) is 9.88 Å². The van der Waals surface area contributed by atoms with Gasteiger partial charge in [-0.05, 0) is 12.8 Å². The molecule has 1 rings (SSSR count). The van der Waals surface area contributed by atoms with E-state index in [-0.39, 0.29) is 30.2 Å². The van der Waals surface area contributed by atoms with Crippen molar-refractivity contribution in [1.29, 1.82) is 0 Å². The summed E-state index contributed by atoms with van der Waals surface area (Å²) in [4.78, 5) is 30.3. The number of hydrogen-bond donors (Lipinski definition) is 1. The second-order valence-corrected chi connectivity index (χ2v) is 7.97. The van der Waals surface area contributed by atoms with Crippen LogP contribution in [0.4, 0.5) is 0 Å². The molecule has 22 heavy (non-hydrogen) atoms. The summed E-state index contributed by atoms with van der Waals surface area (Å²) < 4.78 is 0. The van der Waals surface area contributed by atoms with Crippen molar-refractivity contribution in [2.24, 2.45) is 5.92 Å². The lowest BCUT2D eigenvalue weighted by molar-refractivity contribution is -0.137. The number of amides is 1. The Morgan fingerprint density at radius 3 is 2.32 bits per heavy atom. The number of carboxylic acids is 1. The van der Waals surface area contributed by atoms with Crippen LogP contribution in [-0.4, -0.2) is 40.0 Å². The van der Waals surface area contributed by atoms with Gasteiger partial charge in [-0.15, -0.1) is 11.3 Å². The molecule has 0 saturated carbocycles. The molecule has 1 aromatic heterocycles. The number of thiazole rings is 1. The topological polar surface area (TPSA) is 70.5 Å². The minimum absolute atomic E-state index is 0.0392. The number of hydrogen-bond acceptors (Lipinski definition) is 4. The molecular formula is C16H26N2O3S.